The Labute approximate surface area is 131 Å². The average Bonchev–Trinajstić information content (AvgIpc) is 2.23. The van der Waals surface area contributed by atoms with Gasteiger partial charge in [0.15, 0.2) is 0 Å². The van der Waals surface area contributed by atoms with Gasteiger partial charge < -0.3 is 14.2 Å². The molecule has 7 heteroatoms. The van der Waals surface area contributed by atoms with Gasteiger partial charge in [0, 0.05) is 0 Å². The first-order chi connectivity index (χ1) is 9.78. The summed E-state index contributed by atoms with van der Waals surface area (Å²) >= 11 is 0. The maximum atomic E-state index is 12.2. The Bertz CT molecular complexity index is 391. The van der Waals surface area contributed by atoms with Crippen LogP contribution in [0.15, 0.2) is 0 Å². The molecule has 0 heterocycles. The zero-order chi connectivity index (χ0) is 17.7. The number of carbonyl (C=O) groups excluding carboxylic acids is 3. The Kier molecular flexibility index (Phi) is 6.86. The maximum absolute atomic E-state index is 12.2. The lowest BCUT2D eigenvalue weighted by atomic mass is 10.2. The summed E-state index contributed by atoms with van der Waals surface area (Å²) in [5.74, 6) is -0.709. The van der Waals surface area contributed by atoms with E-state index in [1.165, 1.54) is 6.92 Å². The van der Waals surface area contributed by atoms with Crippen molar-refractivity contribution in [2.24, 2.45) is 0 Å². The van der Waals surface area contributed by atoms with Crippen LogP contribution in [0.25, 0.3) is 0 Å². The molecular weight excluding hydrogens is 290 g/mol. The van der Waals surface area contributed by atoms with E-state index in [1.54, 1.807) is 48.5 Å². The van der Waals surface area contributed by atoms with Gasteiger partial charge in [0.05, 0.1) is 6.61 Å². The fraction of sp³-hybridized carbons (Fsp3) is 0.800. The van der Waals surface area contributed by atoms with E-state index in [4.69, 9.17) is 14.2 Å². The second kappa shape index (κ2) is 7.47. The quantitative estimate of drug-likeness (QED) is 0.587. The van der Waals surface area contributed by atoms with Gasteiger partial charge in [-0.3, -0.25) is 0 Å². The second-order valence-electron chi connectivity index (χ2n) is 6.76. The van der Waals surface area contributed by atoms with Crippen molar-refractivity contribution < 1.29 is 28.6 Å². The van der Waals surface area contributed by atoms with Crippen LogP contribution >= 0.6 is 0 Å². The van der Waals surface area contributed by atoms with Crippen LogP contribution in [-0.2, 0) is 19.0 Å². The van der Waals surface area contributed by atoms with Gasteiger partial charge in [0.2, 0.25) is 0 Å². The molecule has 0 N–H and O–H groups in total. The molecule has 0 aliphatic carbocycles. The molecule has 0 aromatic heterocycles. The molecule has 7 nitrogen and oxygen atoms in total. The Morgan fingerprint density at radius 1 is 0.909 bits per heavy atom. The molecule has 0 unspecified atom stereocenters. The molecule has 22 heavy (non-hydrogen) atoms. The Hall–Kier alpha value is -1.79. The van der Waals surface area contributed by atoms with Crippen LogP contribution in [0.3, 0.4) is 0 Å². The summed E-state index contributed by atoms with van der Waals surface area (Å²) < 4.78 is 15.2. The largest absolute Gasteiger partial charge is 0.464 e. The predicted molar refractivity (Wildman–Crippen MR) is 80.4 cm³/mol. The fourth-order valence-corrected chi connectivity index (χ4v) is 1.38. The molecule has 0 aromatic carbocycles. The van der Waals surface area contributed by atoms with Crippen molar-refractivity contribution in [3.8, 4) is 0 Å². The third kappa shape index (κ3) is 7.28. The average molecular weight is 317 g/mol. The topological polar surface area (TPSA) is 82.1 Å². The molecule has 0 radical (unpaired) electrons. The molecule has 0 saturated carbocycles. The van der Waals surface area contributed by atoms with Crippen molar-refractivity contribution in [3.63, 3.8) is 0 Å². The summed E-state index contributed by atoms with van der Waals surface area (Å²) in [4.78, 5) is 36.9. The smallest absolute Gasteiger partial charge is 0.420 e. The van der Waals surface area contributed by atoms with Crippen molar-refractivity contribution in [1.29, 1.82) is 0 Å². The fourth-order valence-electron chi connectivity index (χ4n) is 1.38. The van der Waals surface area contributed by atoms with Crippen LogP contribution in [-0.4, -0.2) is 46.9 Å². The molecule has 0 aliphatic rings. The number of amides is 2. The monoisotopic (exact) mass is 317 g/mol. The van der Waals surface area contributed by atoms with Crippen molar-refractivity contribution in [2.75, 3.05) is 6.61 Å². The number of nitrogens with zero attached hydrogens (tertiary/aromatic N) is 1. The third-order valence-corrected chi connectivity index (χ3v) is 2.20. The third-order valence-electron chi connectivity index (χ3n) is 2.20. The molecule has 0 spiro atoms. The van der Waals surface area contributed by atoms with E-state index in [0.717, 1.165) is 0 Å². The Balaban J connectivity index is 5.35. The van der Waals surface area contributed by atoms with Gasteiger partial charge in [0.25, 0.3) is 0 Å². The summed E-state index contributed by atoms with van der Waals surface area (Å²) in [7, 11) is 0. The van der Waals surface area contributed by atoms with E-state index in [1.807, 2.05) is 0 Å². The van der Waals surface area contributed by atoms with Gasteiger partial charge in [0.1, 0.15) is 17.2 Å². The zero-order valence-corrected chi connectivity index (χ0v) is 14.7. The number of imide groups is 1. The van der Waals surface area contributed by atoms with Crippen LogP contribution in [0.2, 0.25) is 0 Å². The molecule has 0 fully saturated rings. The van der Waals surface area contributed by atoms with E-state index < -0.39 is 35.4 Å². The first-order valence-corrected chi connectivity index (χ1v) is 7.20. The molecule has 0 aliphatic heterocycles. The number of carbonyl (C=O) groups is 3. The zero-order valence-electron chi connectivity index (χ0n) is 14.7. The van der Waals surface area contributed by atoms with Gasteiger partial charge in [-0.2, -0.15) is 4.90 Å². The summed E-state index contributed by atoms with van der Waals surface area (Å²) in [6.45, 7) is 13.1. The van der Waals surface area contributed by atoms with Crippen LogP contribution in [0.5, 0.6) is 0 Å². The van der Waals surface area contributed by atoms with Crippen molar-refractivity contribution >= 4 is 18.2 Å². The maximum Gasteiger partial charge on any atom is 0.420 e. The molecule has 0 rings (SSSR count). The Morgan fingerprint density at radius 3 is 1.55 bits per heavy atom. The number of ether oxygens (including phenoxy) is 3. The normalized spacial score (nSPS) is 13.1. The highest BCUT2D eigenvalue weighted by atomic mass is 16.6. The van der Waals surface area contributed by atoms with Crippen molar-refractivity contribution in [3.05, 3.63) is 0 Å². The minimum atomic E-state index is -1.15. The van der Waals surface area contributed by atoms with E-state index in [9.17, 15) is 14.4 Å². The second-order valence-corrected chi connectivity index (χ2v) is 6.76. The van der Waals surface area contributed by atoms with Gasteiger partial charge in [-0.05, 0) is 55.4 Å². The lowest BCUT2D eigenvalue weighted by molar-refractivity contribution is -0.148. The van der Waals surface area contributed by atoms with E-state index in [2.05, 4.69) is 0 Å². The first-order valence-electron chi connectivity index (χ1n) is 7.20. The lowest BCUT2D eigenvalue weighted by Crippen LogP contribution is -2.51. The van der Waals surface area contributed by atoms with Crippen LogP contribution < -0.4 is 0 Å². The van der Waals surface area contributed by atoms with Gasteiger partial charge in [-0.15, -0.1) is 0 Å². The van der Waals surface area contributed by atoms with Gasteiger partial charge in [-0.1, -0.05) is 0 Å². The van der Waals surface area contributed by atoms with E-state index in [0.29, 0.717) is 4.90 Å². The molecular formula is C15H27NO6. The molecule has 0 bridgehead atoms. The lowest BCUT2D eigenvalue weighted by Gasteiger charge is -2.30. The minimum Gasteiger partial charge on any atom is -0.464 e. The summed E-state index contributed by atoms with van der Waals surface area (Å²) in [6.07, 6.45) is -1.91. The molecule has 0 aromatic rings. The van der Waals surface area contributed by atoms with Crippen LogP contribution in [0.4, 0.5) is 9.59 Å². The summed E-state index contributed by atoms with van der Waals surface area (Å²) in [5.41, 5.74) is -1.63. The summed E-state index contributed by atoms with van der Waals surface area (Å²) in [5, 5.41) is 0. The number of rotatable bonds is 3. The molecule has 2 amide bonds. The standard InChI is InChI=1S/C15H27NO6/c1-9-20-11(17)10(2)16(12(18)21-14(3,4)5)13(19)22-15(6,7)8/h10H,9H2,1-8H3/t10-/m1/s1. The van der Waals surface area contributed by atoms with Gasteiger partial charge in [-0.25, -0.2) is 14.4 Å². The minimum absolute atomic E-state index is 0.139. The highest BCUT2D eigenvalue weighted by molar-refractivity contribution is 5.93. The number of hydrogen-bond donors (Lipinski definition) is 0. The summed E-state index contributed by atoms with van der Waals surface area (Å²) in [6, 6.07) is -1.15. The molecule has 0 saturated heterocycles. The van der Waals surface area contributed by atoms with E-state index >= 15 is 0 Å². The van der Waals surface area contributed by atoms with Crippen LogP contribution in [0.1, 0.15) is 55.4 Å². The highest BCUT2D eigenvalue weighted by Gasteiger charge is 2.38. The van der Waals surface area contributed by atoms with Crippen molar-refractivity contribution in [2.45, 2.75) is 72.6 Å². The Morgan fingerprint density at radius 2 is 1.27 bits per heavy atom. The van der Waals surface area contributed by atoms with E-state index in [-0.39, 0.29) is 6.61 Å². The molecule has 128 valence electrons. The van der Waals surface area contributed by atoms with Crippen LogP contribution in [0, 0.1) is 0 Å². The SMILES string of the molecule is CCOC(=O)[C@@H](C)N(C(=O)OC(C)(C)C)C(=O)OC(C)(C)C. The number of hydrogen-bond acceptors (Lipinski definition) is 6. The first kappa shape index (κ1) is 20.2. The molecule has 1 atom stereocenters. The van der Waals surface area contributed by atoms with Crippen molar-refractivity contribution in [1.82, 2.24) is 4.90 Å². The number of esters is 1. The predicted octanol–water partition coefficient (Wildman–Crippen LogP) is 3.11. The highest BCUT2D eigenvalue weighted by Crippen LogP contribution is 2.17. The van der Waals surface area contributed by atoms with Gasteiger partial charge >= 0.3 is 18.2 Å².